The summed E-state index contributed by atoms with van der Waals surface area (Å²) in [7, 11) is 0. The summed E-state index contributed by atoms with van der Waals surface area (Å²) in [5, 5.41) is 17.4. The number of hydrogen-bond donors (Lipinski definition) is 0. The zero-order chi connectivity index (χ0) is 45.1. The van der Waals surface area contributed by atoms with Crippen LogP contribution in [0.3, 0.4) is 0 Å². The smallest absolute Gasteiger partial charge is 0.267 e. The molecule has 0 saturated heterocycles. The van der Waals surface area contributed by atoms with E-state index in [9.17, 15) is 0 Å². The topological polar surface area (TPSA) is 70.4 Å². The normalized spacial score (nSPS) is 10.9. The van der Waals surface area contributed by atoms with Gasteiger partial charge < -0.3 is 19.2 Å². The molecule has 12 rings (SSSR count). The predicted molar refractivity (Wildman–Crippen MR) is 262 cm³/mol. The summed E-state index contributed by atoms with van der Waals surface area (Å²) in [6, 6.07) is 67.3. The van der Waals surface area contributed by atoms with Crippen molar-refractivity contribution in [3.63, 3.8) is 0 Å². The number of aryl methyl sites for hydroxylation is 1. The number of imidazole rings is 2. The van der Waals surface area contributed by atoms with E-state index >= 15 is 0 Å². The monoisotopic (exact) mass is 1050 g/mol. The molecule has 0 amide bonds. The third kappa shape index (κ3) is 8.71. The Labute approximate surface area is 403 Å². The number of nitrogens with zero attached hydrogens (tertiary/aromatic N) is 8. The van der Waals surface area contributed by atoms with E-state index in [1.165, 1.54) is 54.5 Å². The van der Waals surface area contributed by atoms with Gasteiger partial charge in [0, 0.05) is 43.5 Å². The average Bonchev–Trinajstić information content (AvgIpc) is 4.04. The van der Waals surface area contributed by atoms with E-state index in [-0.39, 0.29) is 20.1 Å². The average molecular weight is 1050 g/mol. The van der Waals surface area contributed by atoms with E-state index in [0.29, 0.717) is 11.6 Å². The van der Waals surface area contributed by atoms with E-state index in [1.54, 1.807) is 13.1 Å². The van der Waals surface area contributed by atoms with Crippen LogP contribution in [0.4, 0.5) is 0 Å². The van der Waals surface area contributed by atoms with Gasteiger partial charge in [0.2, 0.25) is 0 Å². The van der Waals surface area contributed by atoms with E-state index in [2.05, 4.69) is 237 Å². The molecule has 0 N–H and O–H groups in total. The van der Waals surface area contributed by atoms with Gasteiger partial charge in [0.15, 0.2) is 0 Å². The van der Waals surface area contributed by atoms with Crippen LogP contribution in [-0.2, 0) is 20.1 Å². The Morgan fingerprint density at radius 3 is 1.31 bits per heavy atom. The van der Waals surface area contributed by atoms with Gasteiger partial charge in [-0.3, -0.25) is 19.2 Å². The SMILES string of the molecule is Cc1c(C)[n+](-c2cccc3ccccc23)[c-]n1-c1[c-]ccc2ccccc12.Cc1c(C)[n+](-c2cccc3ccccc23)[c-]n1-c1[c-]ccc2ccccc12.Cc1n[n-]c(-c2ccccn2)n1.[Ir]. The zero-order valence-corrected chi connectivity index (χ0v) is 40.1. The van der Waals surface area contributed by atoms with E-state index in [1.807, 2.05) is 30.3 Å². The largest absolute Gasteiger partial charge is 0.421 e. The van der Waals surface area contributed by atoms with Crippen LogP contribution in [0, 0.1) is 59.4 Å². The summed E-state index contributed by atoms with van der Waals surface area (Å²) in [6.07, 6.45) is 8.85. The molecule has 4 aromatic heterocycles. The van der Waals surface area contributed by atoms with E-state index < -0.39 is 0 Å². The summed E-state index contributed by atoms with van der Waals surface area (Å²) in [5.41, 5.74) is 9.80. The maximum Gasteiger partial charge on any atom is 0.267 e. The van der Waals surface area contributed by atoms with Gasteiger partial charge in [-0.25, -0.2) is 0 Å². The molecule has 0 aliphatic heterocycles. The van der Waals surface area contributed by atoms with Gasteiger partial charge in [0.25, 0.3) is 12.7 Å². The molecule has 0 aliphatic carbocycles. The van der Waals surface area contributed by atoms with Crippen molar-refractivity contribution >= 4 is 43.1 Å². The number of hydrogen-bond acceptors (Lipinski definition) is 3. The fourth-order valence-corrected chi connectivity index (χ4v) is 8.44. The Bertz CT molecular complexity index is 3250. The third-order valence-electron chi connectivity index (χ3n) is 12.1. The minimum absolute atomic E-state index is 0. The van der Waals surface area contributed by atoms with Gasteiger partial charge in [-0.15, -0.1) is 33.7 Å². The third-order valence-corrected chi connectivity index (χ3v) is 12.1. The molecule has 0 unspecified atom stereocenters. The molecule has 8 aromatic carbocycles. The molecule has 67 heavy (non-hydrogen) atoms. The standard InChI is InChI=1S/2C25H19N2.C8H7N4.Ir/c2*1-18-19(2)27(25-16-8-12-21-10-4-6-14-23(21)25)17-26(18)24-15-7-11-20-9-3-5-13-22(20)24;1-6-10-8(12-11-6)7-4-2-3-5-9-7;/h2*3-15H,1-2H3;2-5H,1H3;/q3*-1;. The first-order chi connectivity index (χ1) is 32.3. The minimum Gasteiger partial charge on any atom is -0.421 e. The van der Waals surface area contributed by atoms with Crippen molar-refractivity contribution in [2.45, 2.75) is 34.6 Å². The molecular formula is C58H45IrN8-3. The molecule has 0 aliphatic rings. The van der Waals surface area contributed by atoms with Crippen LogP contribution >= 0.6 is 0 Å². The molecule has 9 heteroatoms. The summed E-state index contributed by atoms with van der Waals surface area (Å²) in [6.45, 7) is 10.4. The van der Waals surface area contributed by atoms with Crippen molar-refractivity contribution in [3.05, 3.63) is 236 Å². The fourth-order valence-electron chi connectivity index (χ4n) is 8.44. The predicted octanol–water partition coefficient (Wildman–Crippen LogP) is 11.4. The summed E-state index contributed by atoms with van der Waals surface area (Å²) in [5.74, 6) is 1.27. The van der Waals surface area contributed by atoms with Crippen molar-refractivity contribution in [3.8, 4) is 34.3 Å². The van der Waals surface area contributed by atoms with Gasteiger partial charge >= 0.3 is 0 Å². The number of pyridine rings is 1. The molecule has 329 valence electrons. The van der Waals surface area contributed by atoms with Gasteiger partial charge in [0.1, 0.15) is 0 Å². The van der Waals surface area contributed by atoms with Crippen LogP contribution < -0.4 is 14.2 Å². The van der Waals surface area contributed by atoms with Gasteiger partial charge in [0.05, 0.1) is 28.5 Å². The Hall–Kier alpha value is -7.84. The van der Waals surface area contributed by atoms with E-state index in [4.69, 9.17) is 0 Å². The quantitative estimate of drug-likeness (QED) is 0.127. The van der Waals surface area contributed by atoms with E-state index in [0.717, 1.165) is 39.8 Å². The molecule has 0 spiro atoms. The Morgan fingerprint density at radius 1 is 0.463 bits per heavy atom. The second-order valence-corrected chi connectivity index (χ2v) is 16.1. The minimum atomic E-state index is 0. The van der Waals surface area contributed by atoms with Gasteiger partial charge in [-0.1, -0.05) is 115 Å². The molecule has 0 fully saturated rings. The first-order valence-corrected chi connectivity index (χ1v) is 21.9. The van der Waals surface area contributed by atoms with Gasteiger partial charge in [-0.2, -0.15) is 36.4 Å². The van der Waals surface area contributed by atoms with Crippen LogP contribution in [0.2, 0.25) is 0 Å². The van der Waals surface area contributed by atoms with Crippen molar-refractivity contribution < 1.29 is 29.2 Å². The van der Waals surface area contributed by atoms with Crippen LogP contribution in [-0.4, -0.2) is 24.2 Å². The number of benzene rings is 8. The number of rotatable bonds is 5. The summed E-state index contributed by atoms with van der Waals surface area (Å²) >= 11 is 0. The van der Waals surface area contributed by atoms with Gasteiger partial charge in [-0.05, 0) is 97.6 Å². The Morgan fingerprint density at radius 2 is 0.881 bits per heavy atom. The molecule has 0 atom stereocenters. The van der Waals surface area contributed by atoms with Crippen molar-refractivity contribution in [1.82, 2.24) is 29.3 Å². The Balaban J connectivity index is 0.000000134. The number of fused-ring (bicyclic) bond motifs is 4. The maximum absolute atomic E-state index is 4.10. The molecular weight excluding hydrogens is 1000 g/mol. The zero-order valence-electron chi connectivity index (χ0n) is 37.7. The van der Waals surface area contributed by atoms with Crippen LogP contribution in [0.5, 0.6) is 0 Å². The molecule has 1 radical (unpaired) electrons. The second-order valence-electron chi connectivity index (χ2n) is 16.1. The molecule has 0 saturated carbocycles. The number of aromatic nitrogens is 8. The first kappa shape index (κ1) is 44.4. The van der Waals surface area contributed by atoms with Crippen LogP contribution in [0.15, 0.2) is 182 Å². The van der Waals surface area contributed by atoms with Crippen molar-refractivity contribution in [2.75, 3.05) is 0 Å². The van der Waals surface area contributed by atoms with Crippen molar-refractivity contribution in [1.29, 1.82) is 0 Å². The molecule has 4 heterocycles. The first-order valence-electron chi connectivity index (χ1n) is 21.9. The van der Waals surface area contributed by atoms with Crippen LogP contribution in [0.25, 0.3) is 77.4 Å². The molecule has 12 aromatic rings. The molecule has 8 nitrogen and oxygen atoms in total. The van der Waals surface area contributed by atoms with Crippen molar-refractivity contribution in [2.24, 2.45) is 0 Å². The molecule has 0 bridgehead atoms. The second kappa shape index (κ2) is 19.3. The summed E-state index contributed by atoms with van der Waals surface area (Å²) < 4.78 is 8.57. The maximum atomic E-state index is 4.10. The van der Waals surface area contributed by atoms with Crippen LogP contribution in [0.1, 0.15) is 28.6 Å². The summed E-state index contributed by atoms with van der Waals surface area (Å²) in [4.78, 5) is 8.19. The fraction of sp³-hybridized carbons (Fsp3) is 0.0862. The Kier molecular flexibility index (Phi) is 12.8.